The van der Waals surface area contributed by atoms with Crippen LogP contribution in [0.3, 0.4) is 0 Å². The topological polar surface area (TPSA) is 157 Å². The van der Waals surface area contributed by atoms with Crippen LogP contribution in [-0.2, 0) is 14.3 Å². The van der Waals surface area contributed by atoms with E-state index in [0.717, 1.165) is 13.0 Å². The highest BCUT2D eigenvalue weighted by atomic mass is 16.5. The Bertz CT molecular complexity index is 409. The summed E-state index contributed by atoms with van der Waals surface area (Å²) in [7, 11) is 0. The van der Waals surface area contributed by atoms with E-state index in [1.54, 1.807) is 0 Å². The highest BCUT2D eigenvalue weighted by molar-refractivity contribution is 5.84. The predicted octanol–water partition coefficient (Wildman–Crippen LogP) is -3.07. The van der Waals surface area contributed by atoms with E-state index < -0.39 is 54.7 Å². The van der Waals surface area contributed by atoms with Gasteiger partial charge in [-0.2, -0.15) is 0 Å². The van der Waals surface area contributed by atoms with Crippen molar-refractivity contribution in [2.75, 3.05) is 6.61 Å². The lowest BCUT2D eigenvalue weighted by molar-refractivity contribution is -0.149. The summed E-state index contributed by atoms with van der Waals surface area (Å²) < 4.78 is 4.98. The number of nitrogens with one attached hydrogen (secondary N) is 1. The number of carbonyl (C=O) groups is 2. The second kappa shape index (κ2) is 6.66. The molecule has 0 aromatic heterocycles. The molecule has 1 heterocycles. The van der Waals surface area contributed by atoms with Crippen LogP contribution in [0, 0.1) is 0 Å². The monoisotopic (exact) mass is 291 g/mol. The zero-order valence-corrected chi connectivity index (χ0v) is 10.6. The van der Waals surface area contributed by atoms with Crippen molar-refractivity contribution < 1.29 is 39.9 Å². The summed E-state index contributed by atoms with van der Waals surface area (Å²) in [5.41, 5.74) is 0. The molecule has 9 heteroatoms. The van der Waals surface area contributed by atoms with E-state index in [2.05, 4.69) is 5.32 Å². The normalized spacial score (nSPS) is 28.9. The standard InChI is InChI=1S/C11H17NO8/c1-4(14)12-8-5(15)2-7(11(18)19)20-10(8)9(17)6(16)3-13/h2,5-6,8-10,13,15-17H,3H2,1H3,(H,12,14)(H,18,19)/t5-,6?,8+,9+,10+/m0/s1. The molecule has 0 aromatic rings. The number of hydrogen-bond acceptors (Lipinski definition) is 7. The summed E-state index contributed by atoms with van der Waals surface area (Å²) in [5.74, 6) is -2.63. The minimum Gasteiger partial charge on any atom is -0.478 e. The molecule has 0 saturated carbocycles. The quantitative estimate of drug-likeness (QED) is 0.311. The molecule has 5 atom stereocenters. The Hall–Kier alpha value is -1.68. The number of hydrogen-bond donors (Lipinski definition) is 6. The maximum atomic E-state index is 11.1. The predicted molar refractivity (Wildman–Crippen MR) is 63.3 cm³/mol. The van der Waals surface area contributed by atoms with Gasteiger partial charge in [0, 0.05) is 6.92 Å². The smallest absolute Gasteiger partial charge is 0.370 e. The second-order valence-corrected chi connectivity index (χ2v) is 4.38. The molecule has 9 nitrogen and oxygen atoms in total. The first kappa shape index (κ1) is 16.4. The average molecular weight is 291 g/mol. The molecule has 20 heavy (non-hydrogen) atoms. The summed E-state index contributed by atoms with van der Waals surface area (Å²) in [5, 5.41) is 49.0. The molecule has 0 aromatic carbocycles. The average Bonchev–Trinajstić information content (AvgIpc) is 2.38. The van der Waals surface area contributed by atoms with E-state index in [-0.39, 0.29) is 0 Å². The first-order valence-electron chi connectivity index (χ1n) is 5.81. The molecule has 114 valence electrons. The van der Waals surface area contributed by atoms with Gasteiger partial charge in [0.05, 0.1) is 12.6 Å². The number of carboxylic acids is 1. The second-order valence-electron chi connectivity index (χ2n) is 4.38. The third-order valence-electron chi connectivity index (χ3n) is 2.81. The van der Waals surface area contributed by atoms with Crippen molar-refractivity contribution in [2.24, 2.45) is 0 Å². The van der Waals surface area contributed by atoms with Gasteiger partial charge in [-0.15, -0.1) is 0 Å². The van der Waals surface area contributed by atoms with E-state index in [4.69, 9.17) is 14.9 Å². The lowest BCUT2D eigenvalue weighted by Gasteiger charge is -2.37. The molecular formula is C11H17NO8. The van der Waals surface area contributed by atoms with Crippen LogP contribution in [0.1, 0.15) is 6.92 Å². The summed E-state index contributed by atoms with van der Waals surface area (Å²) in [4.78, 5) is 21.9. The van der Waals surface area contributed by atoms with Crippen molar-refractivity contribution >= 4 is 11.9 Å². The highest BCUT2D eigenvalue weighted by Crippen LogP contribution is 2.22. The summed E-state index contributed by atoms with van der Waals surface area (Å²) in [6.07, 6.45) is -5.29. The van der Waals surface area contributed by atoms with Crippen LogP contribution in [0.2, 0.25) is 0 Å². The van der Waals surface area contributed by atoms with Gasteiger partial charge < -0.3 is 35.6 Å². The molecule has 0 spiro atoms. The van der Waals surface area contributed by atoms with Crippen LogP contribution in [0.25, 0.3) is 0 Å². The SMILES string of the molecule is CC(=O)N[C@H]1[C@H]([C@H](O)C(O)CO)OC(C(=O)O)=C[C@@H]1O. The fraction of sp³-hybridized carbons (Fsp3) is 0.636. The van der Waals surface area contributed by atoms with Crippen LogP contribution in [0.15, 0.2) is 11.8 Å². The number of aliphatic hydroxyl groups is 4. The first-order chi connectivity index (χ1) is 9.27. The number of aliphatic hydroxyl groups excluding tert-OH is 4. The lowest BCUT2D eigenvalue weighted by Crippen LogP contribution is -2.59. The number of ether oxygens (including phenoxy) is 1. The maximum absolute atomic E-state index is 11.1. The molecule has 1 amide bonds. The molecule has 1 unspecified atom stereocenters. The van der Waals surface area contributed by atoms with E-state index in [1.165, 1.54) is 0 Å². The fourth-order valence-electron chi connectivity index (χ4n) is 1.85. The van der Waals surface area contributed by atoms with Crippen LogP contribution in [-0.4, -0.2) is 74.5 Å². The molecule has 6 N–H and O–H groups in total. The number of rotatable bonds is 5. The fourth-order valence-corrected chi connectivity index (χ4v) is 1.85. The van der Waals surface area contributed by atoms with Gasteiger partial charge in [0.15, 0.2) is 6.10 Å². The van der Waals surface area contributed by atoms with Gasteiger partial charge in [0.25, 0.3) is 0 Å². The van der Waals surface area contributed by atoms with Crippen LogP contribution in [0.4, 0.5) is 0 Å². The van der Waals surface area contributed by atoms with Gasteiger partial charge in [0.1, 0.15) is 18.3 Å². The Balaban J connectivity index is 3.04. The zero-order valence-electron chi connectivity index (χ0n) is 10.6. The van der Waals surface area contributed by atoms with Crippen molar-refractivity contribution in [3.63, 3.8) is 0 Å². The molecular weight excluding hydrogens is 274 g/mol. The summed E-state index contributed by atoms with van der Waals surface area (Å²) in [6, 6.07) is -1.16. The molecule has 1 aliphatic heterocycles. The largest absolute Gasteiger partial charge is 0.478 e. The van der Waals surface area contributed by atoms with E-state index >= 15 is 0 Å². The zero-order chi connectivity index (χ0) is 15.4. The Morgan fingerprint density at radius 1 is 1.45 bits per heavy atom. The lowest BCUT2D eigenvalue weighted by atomic mass is 9.94. The minimum atomic E-state index is -1.70. The van der Waals surface area contributed by atoms with E-state index in [1.807, 2.05) is 0 Å². The first-order valence-corrected chi connectivity index (χ1v) is 5.81. The molecule has 0 aliphatic carbocycles. The molecule has 0 bridgehead atoms. The summed E-state index contributed by atoms with van der Waals surface area (Å²) >= 11 is 0. The maximum Gasteiger partial charge on any atom is 0.370 e. The van der Waals surface area contributed by atoms with Crippen molar-refractivity contribution in [2.45, 2.75) is 37.4 Å². The van der Waals surface area contributed by atoms with Gasteiger partial charge >= 0.3 is 5.97 Å². The van der Waals surface area contributed by atoms with E-state index in [0.29, 0.717) is 0 Å². The van der Waals surface area contributed by atoms with Crippen LogP contribution >= 0.6 is 0 Å². The van der Waals surface area contributed by atoms with Crippen LogP contribution in [0.5, 0.6) is 0 Å². The van der Waals surface area contributed by atoms with Crippen molar-refractivity contribution in [3.05, 3.63) is 11.8 Å². The Morgan fingerprint density at radius 2 is 2.05 bits per heavy atom. The van der Waals surface area contributed by atoms with Gasteiger partial charge in [-0.25, -0.2) is 4.79 Å². The van der Waals surface area contributed by atoms with E-state index in [9.17, 15) is 24.9 Å². The molecule has 1 rings (SSSR count). The number of aliphatic carboxylic acids is 1. The van der Waals surface area contributed by atoms with Gasteiger partial charge in [-0.1, -0.05) is 0 Å². The molecule has 0 saturated heterocycles. The number of amides is 1. The van der Waals surface area contributed by atoms with Crippen molar-refractivity contribution in [1.29, 1.82) is 0 Å². The van der Waals surface area contributed by atoms with Crippen molar-refractivity contribution in [1.82, 2.24) is 5.32 Å². The molecule has 0 fully saturated rings. The number of carbonyl (C=O) groups excluding carboxylic acids is 1. The molecule has 0 radical (unpaired) electrons. The Kier molecular flexibility index (Phi) is 5.45. The Morgan fingerprint density at radius 3 is 2.50 bits per heavy atom. The van der Waals surface area contributed by atoms with Crippen molar-refractivity contribution in [3.8, 4) is 0 Å². The Labute approximate surface area is 114 Å². The minimum absolute atomic E-state index is 0.541. The number of carboxylic acid groups (broad SMARTS) is 1. The van der Waals surface area contributed by atoms with Gasteiger partial charge in [-0.05, 0) is 6.08 Å². The van der Waals surface area contributed by atoms with Gasteiger partial charge in [0.2, 0.25) is 11.7 Å². The highest BCUT2D eigenvalue weighted by Gasteiger charge is 2.42. The third kappa shape index (κ3) is 3.67. The third-order valence-corrected chi connectivity index (χ3v) is 2.81. The molecule has 1 aliphatic rings. The van der Waals surface area contributed by atoms with Crippen LogP contribution < -0.4 is 5.32 Å². The summed E-state index contributed by atoms with van der Waals surface area (Å²) in [6.45, 7) is 0.366. The van der Waals surface area contributed by atoms with Gasteiger partial charge in [-0.3, -0.25) is 4.79 Å².